The van der Waals surface area contributed by atoms with Crippen molar-refractivity contribution >= 4 is 21.9 Å². The zero-order valence-electron chi connectivity index (χ0n) is 14.2. The van der Waals surface area contributed by atoms with Crippen molar-refractivity contribution in [2.24, 2.45) is 0 Å². The molecule has 0 rings (SSSR count). The van der Waals surface area contributed by atoms with Crippen molar-refractivity contribution in [3.8, 4) is 0 Å². The largest absolute Gasteiger partial charge is 0.466 e. The van der Waals surface area contributed by atoms with Gasteiger partial charge in [0.2, 0.25) is 0 Å². The van der Waals surface area contributed by atoms with Gasteiger partial charge in [0.05, 0.1) is 26.2 Å². The standard InChI is InChI=1S/C13H29O6PSi/c1-8-16-12(14)11-13(4,19-21(5,6)7)20(15,17-9-2)18-10-3/h8-11H2,1-7H3. The average molecular weight is 340 g/mol. The van der Waals surface area contributed by atoms with Crippen LogP contribution in [0.15, 0.2) is 0 Å². The Kier molecular flexibility index (Phi) is 8.35. The van der Waals surface area contributed by atoms with Gasteiger partial charge in [-0.3, -0.25) is 9.36 Å². The van der Waals surface area contributed by atoms with Crippen LogP contribution in [0.2, 0.25) is 19.6 Å². The van der Waals surface area contributed by atoms with E-state index in [1.54, 1.807) is 27.7 Å². The molecule has 0 bridgehead atoms. The Morgan fingerprint density at radius 3 is 1.86 bits per heavy atom. The lowest BCUT2D eigenvalue weighted by Crippen LogP contribution is -2.43. The van der Waals surface area contributed by atoms with E-state index >= 15 is 0 Å². The summed E-state index contributed by atoms with van der Waals surface area (Å²) in [7, 11) is -5.69. The van der Waals surface area contributed by atoms with E-state index in [4.69, 9.17) is 18.2 Å². The fourth-order valence-corrected chi connectivity index (χ4v) is 6.26. The van der Waals surface area contributed by atoms with Gasteiger partial charge in [0.25, 0.3) is 0 Å². The molecule has 0 amide bonds. The molecule has 0 aromatic rings. The maximum Gasteiger partial charge on any atom is 0.361 e. The fourth-order valence-electron chi connectivity index (χ4n) is 1.98. The van der Waals surface area contributed by atoms with Crippen LogP contribution in [0.3, 0.4) is 0 Å². The fraction of sp³-hybridized carbons (Fsp3) is 0.923. The lowest BCUT2D eigenvalue weighted by Gasteiger charge is -2.39. The van der Waals surface area contributed by atoms with E-state index in [-0.39, 0.29) is 26.2 Å². The van der Waals surface area contributed by atoms with E-state index < -0.39 is 27.2 Å². The molecule has 21 heavy (non-hydrogen) atoms. The Bertz CT molecular complexity index is 371. The number of hydrogen-bond donors (Lipinski definition) is 0. The molecule has 0 fully saturated rings. The predicted octanol–water partition coefficient (Wildman–Crippen LogP) is 3.77. The second-order valence-electron chi connectivity index (χ2n) is 5.70. The molecule has 0 aliphatic heterocycles. The van der Waals surface area contributed by atoms with E-state index in [2.05, 4.69) is 0 Å². The zero-order valence-corrected chi connectivity index (χ0v) is 16.1. The Balaban J connectivity index is 5.53. The first-order valence-corrected chi connectivity index (χ1v) is 12.2. The molecule has 0 saturated heterocycles. The molecule has 0 aliphatic carbocycles. The SMILES string of the molecule is CCOC(=O)CC(C)(O[Si](C)(C)C)P(=O)(OCC)OCC. The zero-order chi connectivity index (χ0) is 16.7. The van der Waals surface area contributed by atoms with Gasteiger partial charge in [0.15, 0.2) is 13.7 Å². The van der Waals surface area contributed by atoms with Crippen molar-refractivity contribution in [3.63, 3.8) is 0 Å². The van der Waals surface area contributed by atoms with Gasteiger partial charge in [-0.05, 0) is 47.3 Å². The van der Waals surface area contributed by atoms with Gasteiger partial charge in [-0.2, -0.15) is 0 Å². The highest BCUT2D eigenvalue weighted by Gasteiger charge is 2.52. The van der Waals surface area contributed by atoms with Crippen LogP contribution >= 0.6 is 7.60 Å². The lowest BCUT2D eigenvalue weighted by molar-refractivity contribution is -0.146. The van der Waals surface area contributed by atoms with Crippen molar-refractivity contribution in [2.75, 3.05) is 19.8 Å². The molecule has 0 aromatic heterocycles. The highest BCUT2D eigenvalue weighted by Crippen LogP contribution is 2.62. The minimum atomic E-state index is -3.60. The monoisotopic (exact) mass is 340 g/mol. The molecule has 126 valence electrons. The van der Waals surface area contributed by atoms with Gasteiger partial charge in [-0.15, -0.1) is 0 Å². The molecular formula is C13H29O6PSi. The van der Waals surface area contributed by atoms with Crippen molar-refractivity contribution in [2.45, 2.75) is 59.1 Å². The van der Waals surface area contributed by atoms with E-state index in [1.165, 1.54) is 0 Å². The molecular weight excluding hydrogens is 311 g/mol. The number of rotatable bonds is 10. The molecule has 0 saturated carbocycles. The van der Waals surface area contributed by atoms with Crippen molar-refractivity contribution in [3.05, 3.63) is 0 Å². The highest BCUT2D eigenvalue weighted by atomic mass is 31.2. The van der Waals surface area contributed by atoms with E-state index in [0.717, 1.165) is 0 Å². The maximum atomic E-state index is 13.1. The number of carbonyl (C=O) groups is 1. The summed E-state index contributed by atoms with van der Waals surface area (Å²) < 4.78 is 34.9. The minimum Gasteiger partial charge on any atom is -0.466 e. The third kappa shape index (κ3) is 6.61. The summed E-state index contributed by atoms with van der Waals surface area (Å²) in [6.45, 7) is 13.3. The molecule has 1 unspecified atom stereocenters. The maximum absolute atomic E-state index is 13.1. The van der Waals surface area contributed by atoms with Crippen LogP contribution in [0.25, 0.3) is 0 Å². The summed E-state index contributed by atoms with van der Waals surface area (Å²) in [5.74, 6) is -0.474. The first kappa shape index (κ1) is 20.8. The summed E-state index contributed by atoms with van der Waals surface area (Å²) in [6, 6.07) is 0. The topological polar surface area (TPSA) is 71.1 Å². The van der Waals surface area contributed by atoms with Crippen molar-refractivity contribution in [1.82, 2.24) is 0 Å². The minimum absolute atomic E-state index is 0.164. The number of hydrogen-bond acceptors (Lipinski definition) is 6. The predicted molar refractivity (Wildman–Crippen MR) is 84.9 cm³/mol. The van der Waals surface area contributed by atoms with Crippen LogP contribution in [-0.4, -0.2) is 39.4 Å². The summed E-state index contributed by atoms with van der Waals surface area (Å²) >= 11 is 0. The summed E-state index contributed by atoms with van der Waals surface area (Å²) in [5.41, 5.74) is 0. The first-order valence-electron chi connectivity index (χ1n) is 7.28. The molecule has 0 heterocycles. The van der Waals surface area contributed by atoms with Gasteiger partial charge in [0.1, 0.15) is 0 Å². The molecule has 0 aromatic carbocycles. The van der Waals surface area contributed by atoms with Crippen LogP contribution in [0.4, 0.5) is 0 Å². The molecule has 0 aliphatic rings. The van der Waals surface area contributed by atoms with Gasteiger partial charge < -0.3 is 18.2 Å². The smallest absolute Gasteiger partial charge is 0.361 e. The second kappa shape index (κ2) is 8.43. The van der Waals surface area contributed by atoms with Crippen molar-refractivity contribution in [1.29, 1.82) is 0 Å². The summed E-state index contributed by atoms with van der Waals surface area (Å²) in [5, 5.41) is -1.34. The Hall–Kier alpha value is -0.203. The third-order valence-corrected chi connectivity index (χ3v) is 6.32. The molecule has 1 atom stereocenters. The van der Waals surface area contributed by atoms with E-state index in [1.807, 2.05) is 19.6 Å². The molecule has 8 heteroatoms. The quantitative estimate of drug-likeness (QED) is 0.342. The van der Waals surface area contributed by atoms with Crippen LogP contribution < -0.4 is 0 Å². The van der Waals surface area contributed by atoms with E-state index in [9.17, 15) is 9.36 Å². The molecule has 0 N–H and O–H groups in total. The number of ether oxygens (including phenoxy) is 1. The van der Waals surface area contributed by atoms with Crippen LogP contribution in [-0.2, 0) is 27.6 Å². The number of esters is 1. The Morgan fingerprint density at radius 2 is 1.52 bits per heavy atom. The summed E-state index contributed by atoms with van der Waals surface area (Å²) in [4.78, 5) is 11.9. The Morgan fingerprint density at radius 1 is 1.05 bits per heavy atom. The van der Waals surface area contributed by atoms with Crippen LogP contribution in [0.5, 0.6) is 0 Å². The third-order valence-electron chi connectivity index (χ3n) is 2.48. The van der Waals surface area contributed by atoms with Gasteiger partial charge in [-0.1, -0.05) is 0 Å². The van der Waals surface area contributed by atoms with Gasteiger partial charge in [0, 0.05) is 0 Å². The second-order valence-corrected chi connectivity index (χ2v) is 12.6. The van der Waals surface area contributed by atoms with Crippen LogP contribution in [0, 0.1) is 0 Å². The van der Waals surface area contributed by atoms with Crippen LogP contribution in [0.1, 0.15) is 34.1 Å². The normalized spacial score (nSPS) is 15.6. The summed E-state index contributed by atoms with van der Waals surface area (Å²) in [6.07, 6.45) is -0.164. The van der Waals surface area contributed by atoms with Gasteiger partial charge >= 0.3 is 13.6 Å². The van der Waals surface area contributed by atoms with E-state index in [0.29, 0.717) is 0 Å². The van der Waals surface area contributed by atoms with Crippen molar-refractivity contribution < 1.29 is 27.6 Å². The lowest BCUT2D eigenvalue weighted by atomic mass is 10.3. The Labute approximate surface area is 129 Å². The average Bonchev–Trinajstić information content (AvgIpc) is 2.26. The first-order chi connectivity index (χ1) is 9.53. The highest BCUT2D eigenvalue weighted by molar-refractivity contribution is 7.55. The van der Waals surface area contributed by atoms with Gasteiger partial charge in [-0.25, -0.2) is 0 Å². The molecule has 0 radical (unpaired) electrons. The molecule has 0 spiro atoms. The molecule has 6 nitrogen and oxygen atoms in total. The number of carbonyl (C=O) groups excluding carboxylic acids is 1.